The van der Waals surface area contributed by atoms with Crippen molar-refractivity contribution in [2.45, 2.75) is 194 Å². The first-order valence-electron chi connectivity index (χ1n) is 19.8. The Hall–Kier alpha value is 0.0600. The second-order valence-corrected chi connectivity index (χ2v) is 22.0. The summed E-state index contributed by atoms with van der Waals surface area (Å²) in [4.78, 5) is 0. The van der Waals surface area contributed by atoms with Crippen LogP contribution in [0.2, 0.25) is 0 Å². The molecule has 0 rings (SSSR count). The lowest BCUT2D eigenvalue weighted by Gasteiger charge is -2.22. The van der Waals surface area contributed by atoms with E-state index in [0.29, 0.717) is 19.1 Å². The maximum Gasteiger partial charge on any atom is 0.367 e. The highest BCUT2D eigenvalue weighted by Crippen LogP contribution is 2.64. The van der Waals surface area contributed by atoms with Crippen LogP contribution in [0.3, 0.4) is 0 Å². The van der Waals surface area contributed by atoms with Gasteiger partial charge in [-0.3, -0.25) is 4.57 Å². The summed E-state index contributed by atoms with van der Waals surface area (Å²) in [5, 5.41) is 0. The molecule has 0 aliphatic carbocycles. The Morgan fingerprint density at radius 1 is 0.422 bits per heavy atom. The summed E-state index contributed by atoms with van der Waals surface area (Å²) in [5.41, 5.74) is 0. The van der Waals surface area contributed by atoms with E-state index in [1.807, 2.05) is 0 Å². The molecule has 0 heterocycles. The first-order chi connectivity index (χ1) is 21.8. The largest absolute Gasteiger partial charge is 0.367 e. The van der Waals surface area contributed by atoms with Gasteiger partial charge in [0.05, 0.1) is 13.2 Å². The molecule has 0 aromatic carbocycles. The van der Waals surface area contributed by atoms with Crippen molar-refractivity contribution in [3.63, 3.8) is 0 Å². The van der Waals surface area contributed by atoms with Crippen LogP contribution in [0.15, 0.2) is 24.3 Å². The maximum absolute atomic E-state index is 13.5. The van der Waals surface area contributed by atoms with Gasteiger partial charge in [-0.25, -0.2) is 0 Å². The van der Waals surface area contributed by atoms with Gasteiger partial charge in [0.25, 0.3) is 0 Å². The normalized spacial score (nSPS) is 12.7. The number of unbranched alkanes of at least 4 members (excludes halogenated alkanes) is 24. The van der Waals surface area contributed by atoms with Crippen LogP contribution in [0.4, 0.5) is 0 Å². The fraction of sp³-hybridized carbons (Fsp3) is 0.900. The minimum absolute atomic E-state index is 0.575. The average Bonchev–Trinajstić information content (AvgIpc) is 2.99. The standard InChI is InChI=1S/C40H81O3P2/c1-6-8-10-12-14-16-18-20-22-24-26-28-30-32-34-36-38-42-45(41,40-44(3,4)5)43-39-37-35-33-31-29-27-25-23-21-19-17-15-13-11-9-7-2/h20-23H,6-19,24-40H2,1-5H3/q+1/b22-20+,23-21+. The summed E-state index contributed by atoms with van der Waals surface area (Å²) >= 11 is 0. The van der Waals surface area contributed by atoms with E-state index in [2.05, 4.69) is 58.1 Å². The number of hydrogen-bond acceptors (Lipinski definition) is 3. The molecule has 0 atom stereocenters. The third kappa shape index (κ3) is 36.7. The molecule has 0 amide bonds. The molecular weight excluding hydrogens is 590 g/mol. The third-order valence-corrected chi connectivity index (χ3v) is 14.4. The van der Waals surface area contributed by atoms with E-state index in [1.54, 1.807) is 0 Å². The molecule has 45 heavy (non-hydrogen) atoms. The molecular formula is C40H81O3P2+. The molecule has 0 bridgehead atoms. The average molecular weight is 672 g/mol. The summed E-state index contributed by atoms with van der Waals surface area (Å²) in [6, 6.07) is 0. The second kappa shape index (κ2) is 33.9. The zero-order valence-corrected chi connectivity index (χ0v) is 33.1. The van der Waals surface area contributed by atoms with Crippen LogP contribution >= 0.6 is 14.9 Å². The molecule has 0 radical (unpaired) electrons. The fourth-order valence-electron chi connectivity index (χ4n) is 5.74. The van der Waals surface area contributed by atoms with E-state index >= 15 is 0 Å². The molecule has 0 unspecified atom stereocenters. The molecule has 3 nitrogen and oxygen atoms in total. The smallest absolute Gasteiger partial charge is 0.306 e. The lowest BCUT2D eigenvalue weighted by molar-refractivity contribution is 0.201. The zero-order chi connectivity index (χ0) is 33.2. The Bertz CT molecular complexity index is 650. The van der Waals surface area contributed by atoms with Crippen molar-refractivity contribution in [1.29, 1.82) is 0 Å². The minimum atomic E-state index is -2.99. The van der Waals surface area contributed by atoms with Crippen molar-refractivity contribution >= 4 is 14.9 Å². The van der Waals surface area contributed by atoms with Crippen molar-refractivity contribution in [1.82, 2.24) is 0 Å². The van der Waals surface area contributed by atoms with Crippen LogP contribution in [0, 0.1) is 0 Å². The van der Waals surface area contributed by atoms with Gasteiger partial charge in [-0.2, -0.15) is 0 Å². The first-order valence-corrected chi connectivity index (χ1v) is 24.9. The van der Waals surface area contributed by atoms with Gasteiger partial charge in [0.1, 0.15) is 0 Å². The SMILES string of the molecule is CCCCCCCC/C=C/CCCCCCCCOP(=O)(C[P+](C)(C)C)OCCCCCCCC/C=C/CCCCCCCC. The summed E-state index contributed by atoms with van der Waals surface area (Å²) in [5.74, 6) is 0.610. The zero-order valence-electron chi connectivity index (χ0n) is 31.3. The number of hydrogen-bond donors (Lipinski definition) is 0. The van der Waals surface area contributed by atoms with Gasteiger partial charge in [-0.1, -0.05) is 154 Å². The molecule has 0 spiro atoms. The molecule has 268 valence electrons. The Kier molecular flexibility index (Phi) is 34.0. The first kappa shape index (κ1) is 45.1. The van der Waals surface area contributed by atoms with Gasteiger partial charge in [0, 0.05) is 27.3 Å². The van der Waals surface area contributed by atoms with Crippen LogP contribution in [0.25, 0.3) is 0 Å². The van der Waals surface area contributed by atoms with Gasteiger partial charge >= 0.3 is 7.60 Å². The van der Waals surface area contributed by atoms with E-state index in [1.165, 1.54) is 154 Å². The lowest BCUT2D eigenvalue weighted by Crippen LogP contribution is -2.05. The van der Waals surface area contributed by atoms with Crippen molar-refractivity contribution < 1.29 is 13.6 Å². The molecule has 5 heteroatoms. The summed E-state index contributed by atoms with van der Waals surface area (Å²) < 4.78 is 25.5. The van der Waals surface area contributed by atoms with Gasteiger partial charge in [0.15, 0.2) is 5.90 Å². The summed E-state index contributed by atoms with van der Waals surface area (Å²) in [6.07, 6.45) is 45.8. The van der Waals surface area contributed by atoms with E-state index in [9.17, 15) is 4.57 Å². The van der Waals surface area contributed by atoms with E-state index in [-0.39, 0.29) is 0 Å². The van der Waals surface area contributed by atoms with Crippen molar-refractivity contribution in [3.8, 4) is 0 Å². The monoisotopic (exact) mass is 672 g/mol. The Labute approximate surface area is 284 Å². The fourth-order valence-corrected chi connectivity index (χ4v) is 11.4. The topological polar surface area (TPSA) is 35.5 Å². The highest BCUT2D eigenvalue weighted by atomic mass is 31.2. The number of allylic oxidation sites excluding steroid dienone is 4. The van der Waals surface area contributed by atoms with Crippen molar-refractivity contribution in [2.75, 3.05) is 39.1 Å². The summed E-state index contributed by atoms with van der Waals surface area (Å²) in [7, 11) is -4.23. The second-order valence-electron chi connectivity index (χ2n) is 14.6. The van der Waals surface area contributed by atoms with Gasteiger partial charge in [0.2, 0.25) is 0 Å². The Morgan fingerprint density at radius 3 is 0.978 bits per heavy atom. The van der Waals surface area contributed by atoms with Crippen LogP contribution in [-0.2, 0) is 13.6 Å². The highest BCUT2D eigenvalue weighted by Gasteiger charge is 2.35. The minimum Gasteiger partial charge on any atom is -0.306 e. The molecule has 0 saturated heterocycles. The lowest BCUT2D eigenvalue weighted by atomic mass is 10.1. The van der Waals surface area contributed by atoms with E-state index in [4.69, 9.17) is 9.05 Å². The van der Waals surface area contributed by atoms with E-state index < -0.39 is 14.9 Å². The Morgan fingerprint density at radius 2 is 0.689 bits per heavy atom. The molecule has 0 fully saturated rings. The van der Waals surface area contributed by atoms with Crippen LogP contribution in [-0.4, -0.2) is 39.1 Å². The van der Waals surface area contributed by atoms with E-state index in [0.717, 1.165) is 25.7 Å². The van der Waals surface area contributed by atoms with Gasteiger partial charge in [-0.05, 0) is 64.2 Å². The van der Waals surface area contributed by atoms with Crippen molar-refractivity contribution in [3.05, 3.63) is 24.3 Å². The molecule has 0 aliphatic rings. The van der Waals surface area contributed by atoms with Crippen molar-refractivity contribution in [2.24, 2.45) is 0 Å². The Balaban J connectivity index is 3.78. The predicted molar refractivity (Wildman–Crippen MR) is 208 cm³/mol. The van der Waals surface area contributed by atoms with Gasteiger partial charge < -0.3 is 9.05 Å². The maximum atomic E-state index is 13.5. The predicted octanol–water partition coefficient (Wildman–Crippen LogP) is 15.2. The molecule has 0 aromatic rings. The quantitative estimate of drug-likeness (QED) is 0.0378. The molecule has 0 N–H and O–H groups in total. The third-order valence-electron chi connectivity index (χ3n) is 8.49. The van der Waals surface area contributed by atoms with Gasteiger partial charge in [-0.15, -0.1) is 0 Å². The molecule has 0 aliphatic heterocycles. The molecule has 0 aromatic heterocycles. The van der Waals surface area contributed by atoms with Crippen LogP contribution in [0.1, 0.15) is 194 Å². The highest BCUT2D eigenvalue weighted by molar-refractivity contribution is 7.83. The molecule has 0 saturated carbocycles. The van der Waals surface area contributed by atoms with Crippen LogP contribution < -0.4 is 0 Å². The number of rotatable bonds is 36. The summed E-state index contributed by atoms with van der Waals surface area (Å²) in [6.45, 7) is 12.4. The van der Waals surface area contributed by atoms with Crippen LogP contribution in [0.5, 0.6) is 0 Å².